The third-order valence-electron chi connectivity index (χ3n) is 4.90. The lowest BCUT2D eigenvalue weighted by atomic mass is 9.89. The van der Waals surface area contributed by atoms with Crippen molar-refractivity contribution in [2.45, 2.75) is 78.2 Å². The number of allylic oxidation sites excluding steroid dienone is 1. The number of aliphatic hydroxyl groups is 1. The van der Waals surface area contributed by atoms with Gasteiger partial charge in [0.05, 0.1) is 6.10 Å². The molecule has 1 aliphatic carbocycles. The lowest BCUT2D eigenvalue weighted by Crippen LogP contribution is -2.15. The fourth-order valence-corrected chi connectivity index (χ4v) is 3.96. The number of Topliss-reactive ketones (excluding diaryl/α,β-unsaturated/α-hetero) is 1. The minimum Gasteiger partial charge on any atom is -0.389 e. The van der Waals surface area contributed by atoms with E-state index in [1.165, 1.54) is 43.6 Å². The number of hydrogen-bond donors (Lipinski definition) is 1. The van der Waals surface area contributed by atoms with Gasteiger partial charge >= 0.3 is 0 Å². The largest absolute Gasteiger partial charge is 0.389 e. The summed E-state index contributed by atoms with van der Waals surface area (Å²) in [5.41, 5.74) is 0. The minimum absolute atomic E-state index is 0.209. The first-order chi connectivity index (χ1) is 11.1. The highest BCUT2D eigenvalue weighted by Crippen LogP contribution is 2.34. The quantitative estimate of drug-likeness (QED) is 0.389. The van der Waals surface area contributed by atoms with Crippen LogP contribution in [0.3, 0.4) is 0 Å². The fourth-order valence-electron chi connectivity index (χ4n) is 3.26. The molecular weight excluding hydrogens is 304 g/mol. The molecule has 1 fully saturated rings. The summed E-state index contributed by atoms with van der Waals surface area (Å²) in [6.07, 6.45) is 12.8. The van der Waals surface area contributed by atoms with Crippen molar-refractivity contribution in [1.82, 2.24) is 0 Å². The molecule has 134 valence electrons. The molecule has 1 aliphatic rings. The van der Waals surface area contributed by atoms with E-state index in [1.807, 2.05) is 31.7 Å². The van der Waals surface area contributed by atoms with Crippen molar-refractivity contribution in [2.24, 2.45) is 17.8 Å². The summed E-state index contributed by atoms with van der Waals surface area (Å²) in [6, 6.07) is 0. The molecule has 0 radical (unpaired) electrons. The summed E-state index contributed by atoms with van der Waals surface area (Å²) in [5, 5.41) is 9.90. The van der Waals surface area contributed by atoms with Crippen molar-refractivity contribution in [3.8, 4) is 0 Å². The Kier molecular flexibility index (Phi) is 11.0. The standard InChI is InChI=1S/C20H36O2S/c1-4-23-15-9-7-5-6-8-10-18-17(12-14-20(18)22)11-13-19(21)16(2)3/h11,13,16-19,21H,4-10,12,14-15H2,1-3H3/b13-11+/t17-,18+,19-/m0/s1. The molecule has 0 heterocycles. The SMILES string of the molecule is CCSCCCCCCC[C@H]1C(=O)CC[C@@H]1/C=C/[C@H](O)C(C)C. The van der Waals surface area contributed by atoms with E-state index in [4.69, 9.17) is 0 Å². The highest BCUT2D eigenvalue weighted by molar-refractivity contribution is 7.99. The van der Waals surface area contributed by atoms with Crippen LogP contribution in [0.25, 0.3) is 0 Å². The fraction of sp³-hybridized carbons (Fsp3) is 0.850. The molecule has 0 aliphatic heterocycles. The van der Waals surface area contributed by atoms with Gasteiger partial charge in [-0.1, -0.05) is 58.6 Å². The highest BCUT2D eigenvalue weighted by atomic mass is 32.2. The minimum atomic E-state index is -0.382. The van der Waals surface area contributed by atoms with Crippen LogP contribution in [0.15, 0.2) is 12.2 Å². The summed E-state index contributed by atoms with van der Waals surface area (Å²) in [7, 11) is 0. The smallest absolute Gasteiger partial charge is 0.136 e. The average molecular weight is 341 g/mol. The topological polar surface area (TPSA) is 37.3 Å². The number of carbonyl (C=O) groups is 1. The summed E-state index contributed by atoms with van der Waals surface area (Å²) >= 11 is 2.03. The predicted molar refractivity (Wildman–Crippen MR) is 102 cm³/mol. The number of hydrogen-bond acceptors (Lipinski definition) is 3. The van der Waals surface area contributed by atoms with E-state index in [0.29, 0.717) is 11.7 Å². The number of rotatable bonds is 12. The predicted octanol–water partition coefficient (Wildman–Crippen LogP) is 5.25. The Balaban J connectivity index is 2.23. The van der Waals surface area contributed by atoms with Crippen LogP contribution in [0.4, 0.5) is 0 Å². The number of ketones is 1. The Bertz CT molecular complexity index is 352. The van der Waals surface area contributed by atoms with Crippen molar-refractivity contribution < 1.29 is 9.90 Å². The van der Waals surface area contributed by atoms with Crippen LogP contribution in [-0.2, 0) is 4.79 Å². The Morgan fingerprint density at radius 1 is 1.22 bits per heavy atom. The van der Waals surface area contributed by atoms with Crippen LogP contribution in [0.1, 0.15) is 72.1 Å². The van der Waals surface area contributed by atoms with Crippen LogP contribution in [-0.4, -0.2) is 28.5 Å². The second-order valence-corrected chi connectivity index (χ2v) is 8.54. The van der Waals surface area contributed by atoms with Gasteiger partial charge in [0.2, 0.25) is 0 Å². The van der Waals surface area contributed by atoms with Gasteiger partial charge in [0.25, 0.3) is 0 Å². The van der Waals surface area contributed by atoms with Gasteiger partial charge in [-0.25, -0.2) is 0 Å². The molecule has 23 heavy (non-hydrogen) atoms. The van der Waals surface area contributed by atoms with Crippen molar-refractivity contribution in [3.05, 3.63) is 12.2 Å². The summed E-state index contributed by atoms with van der Waals surface area (Å²) in [5.74, 6) is 3.77. The molecule has 2 nitrogen and oxygen atoms in total. The van der Waals surface area contributed by atoms with E-state index >= 15 is 0 Å². The van der Waals surface area contributed by atoms with Gasteiger partial charge in [-0.05, 0) is 42.6 Å². The zero-order valence-corrected chi connectivity index (χ0v) is 16.1. The van der Waals surface area contributed by atoms with Crippen molar-refractivity contribution in [1.29, 1.82) is 0 Å². The molecule has 0 unspecified atom stereocenters. The second kappa shape index (κ2) is 12.1. The van der Waals surface area contributed by atoms with Crippen LogP contribution in [0.5, 0.6) is 0 Å². The van der Waals surface area contributed by atoms with Crippen molar-refractivity contribution in [3.63, 3.8) is 0 Å². The van der Waals surface area contributed by atoms with E-state index < -0.39 is 0 Å². The van der Waals surface area contributed by atoms with E-state index in [-0.39, 0.29) is 17.9 Å². The van der Waals surface area contributed by atoms with Gasteiger partial charge in [0.1, 0.15) is 5.78 Å². The maximum atomic E-state index is 12.1. The summed E-state index contributed by atoms with van der Waals surface area (Å²) in [4.78, 5) is 12.1. The molecule has 3 atom stereocenters. The molecule has 0 aromatic rings. The highest BCUT2D eigenvalue weighted by Gasteiger charge is 2.32. The van der Waals surface area contributed by atoms with Crippen molar-refractivity contribution in [2.75, 3.05) is 11.5 Å². The van der Waals surface area contributed by atoms with Crippen LogP contribution in [0.2, 0.25) is 0 Å². The first kappa shape index (κ1) is 20.8. The molecule has 3 heteroatoms. The number of thioether (sulfide) groups is 1. The second-order valence-electron chi connectivity index (χ2n) is 7.15. The molecule has 0 amide bonds. The third-order valence-corrected chi connectivity index (χ3v) is 5.89. The lowest BCUT2D eigenvalue weighted by molar-refractivity contribution is -0.121. The maximum Gasteiger partial charge on any atom is 0.136 e. The Morgan fingerprint density at radius 2 is 1.91 bits per heavy atom. The first-order valence-electron chi connectivity index (χ1n) is 9.53. The van der Waals surface area contributed by atoms with Crippen LogP contribution >= 0.6 is 11.8 Å². The molecule has 0 aromatic heterocycles. The Labute approximate surface area is 147 Å². The van der Waals surface area contributed by atoms with Crippen LogP contribution < -0.4 is 0 Å². The molecule has 1 saturated carbocycles. The van der Waals surface area contributed by atoms with Gasteiger partial charge in [-0.15, -0.1) is 0 Å². The molecule has 0 saturated heterocycles. The molecule has 0 bridgehead atoms. The summed E-state index contributed by atoms with van der Waals surface area (Å²) < 4.78 is 0. The van der Waals surface area contributed by atoms with E-state index in [0.717, 1.165) is 19.3 Å². The maximum absolute atomic E-state index is 12.1. The van der Waals surface area contributed by atoms with Gasteiger partial charge < -0.3 is 5.11 Å². The average Bonchev–Trinajstić information content (AvgIpc) is 2.87. The van der Waals surface area contributed by atoms with E-state index in [1.54, 1.807) is 0 Å². The molecular formula is C20H36O2S. The lowest BCUT2D eigenvalue weighted by Gasteiger charge is -2.16. The molecule has 1 N–H and O–H groups in total. The first-order valence-corrected chi connectivity index (χ1v) is 10.7. The normalized spacial score (nSPS) is 23.3. The van der Waals surface area contributed by atoms with Crippen molar-refractivity contribution >= 4 is 17.5 Å². The number of unbranched alkanes of at least 4 members (excludes halogenated alkanes) is 4. The molecule has 0 spiro atoms. The zero-order valence-electron chi connectivity index (χ0n) is 15.3. The number of carbonyl (C=O) groups excluding carboxylic acids is 1. The molecule has 0 aromatic carbocycles. The van der Waals surface area contributed by atoms with Gasteiger partial charge in [-0.3, -0.25) is 4.79 Å². The van der Waals surface area contributed by atoms with Gasteiger partial charge in [-0.2, -0.15) is 11.8 Å². The summed E-state index contributed by atoms with van der Waals surface area (Å²) in [6.45, 7) is 6.25. The monoisotopic (exact) mass is 340 g/mol. The zero-order chi connectivity index (χ0) is 17.1. The third kappa shape index (κ3) is 8.39. The Hall–Kier alpha value is -0.280. The van der Waals surface area contributed by atoms with E-state index in [9.17, 15) is 9.90 Å². The van der Waals surface area contributed by atoms with Gasteiger partial charge in [0.15, 0.2) is 0 Å². The van der Waals surface area contributed by atoms with Gasteiger partial charge in [0, 0.05) is 12.3 Å². The van der Waals surface area contributed by atoms with E-state index in [2.05, 4.69) is 13.0 Å². The van der Waals surface area contributed by atoms with Crippen LogP contribution in [0, 0.1) is 17.8 Å². The number of aliphatic hydroxyl groups excluding tert-OH is 1. The molecule has 1 rings (SSSR count). The Morgan fingerprint density at radius 3 is 2.61 bits per heavy atom.